The molecule has 1 aromatic carbocycles. The Morgan fingerprint density at radius 3 is 2.96 bits per heavy atom. The summed E-state index contributed by atoms with van der Waals surface area (Å²) in [6.07, 6.45) is 7.93. The number of piperidine rings is 1. The largest absolute Gasteiger partial charge is 0.361 e. The summed E-state index contributed by atoms with van der Waals surface area (Å²) < 4.78 is 13.3. The number of nitrogens with one attached hydrogen (secondary N) is 3. The van der Waals surface area contributed by atoms with E-state index in [1.807, 2.05) is 12.3 Å². The van der Waals surface area contributed by atoms with Crippen LogP contribution in [0.2, 0.25) is 0 Å². The van der Waals surface area contributed by atoms with E-state index in [0.717, 1.165) is 48.7 Å². The molecule has 1 aliphatic rings. The number of unbranched alkanes of at least 4 members (excludes halogenated alkanes) is 1. The topological polar surface area (TPSA) is 55.5 Å². The SMILES string of the molecule is CN=C(NCCCCN1CCCC(C)C1)NCCc1c[nH]c2cc(F)ccc12. The first kappa shape index (κ1) is 20.6. The molecule has 3 N–H and O–H groups in total. The summed E-state index contributed by atoms with van der Waals surface area (Å²) >= 11 is 0. The first-order valence-electron chi connectivity index (χ1n) is 10.6. The molecular weight excluding hydrogens is 353 g/mol. The molecule has 1 aromatic heterocycles. The summed E-state index contributed by atoms with van der Waals surface area (Å²) in [5.41, 5.74) is 2.04. The minimum atomic E-state index is -0.210. The summed E-state index contributed by atoms with van der Waals surface area (Å²) in [5, 5.41) is 7.86. The third-order valence-corrected chi connectivity index (χ3v) is 5.57. The van der Waals surface area contributed by atoms with Gasteiger partial charge in [-0.25, -0.2) is 4.39 Å². The van der Waals surface area contributed by atoms with Crippen LogP contribution in [0.15, 0.2) is 29.4 Å². The van der Waals surface area contributed by atoms with Gasteiger partial charge in [0.25, 0.3) is 0 Å². The van der Waals surface area contributed by atoms with E-state index in [4.69, 9.17) is 0 Å². The standard InChI is InChI=1S/C22H34FN5/c1-17-6-5-13-28(16-17)12-4-3-10-25-22(24-2)26-11-9-18-15-27-21-14-19(23)7-8-20(18)21/h7-8,14-15,17,27H,3-6,9-13,16H2,1-2H3,(H2,24,25,26). The maximum Gasteiger partial charge on any atom is 0.190 e. The Morgan fingerprint density at radius 1 is 1.29 bits per heavy atom. The van der Waals surface area contributed by atoms with Crippen molar-refractivity contribution in [2.45, 2.75) is 39.0 Å². The molecular formula is C22H34FN5. The molecule has 0 spiro atoms. The highest BCUT2D eigenvalue weighted by molar-refractivity contribution is 5.83. The molecule has 1 fully saturated rings. The number of rotatable bonds is 8. The van der Waals surface area contributed by atoms with Crippen LogP contribution >= 0.6 is 0 Å². The molecule has 0 bridgehead atoms. The van der Waals surface area contributed by atoms with Gasteiger partial charge in [-0.3, -0.25) is 4.99 Å². The molecule has 1 unspecified atom stereocenters. The molecule has 2 aromatic rings. The lowest BCUT2D eigenvalue weighted by molar-refractivity contribution is 0.181. The molecule has 0 radical (unpaired) electrons. The molecule has 1 atom stereocenters. The van der Waals surface area contributed by atoms with Crippen LogP contribution in [0.5, 0.6) is 0 Å². The zero-order valence-corrected chi connectivity index (χ0v) is 17.2. The quantitative estimate of drug-likeness (QED) is 0.369. The number of aliphatic imine (C=N–C) groups is 1. The average Bonchev–Trinajstić information content (AvgIpc) is 3.08. The molecule has 0 amide bonds. The van der Waals surface area contributed by atoms with Gasteiger partial charge in [-0.2, -0.15) is 0 Å². The minimum Gasteiger partial charge on any atom is -0.361 e. The van der Waals surface area contributed by atoms with E-state index in [1.165, 1.54) is 56.6 Å². The fraction of sp³-hybridized carbons (Fsp3) is 0.591. The molecule has 1 saturated heterocycles. The number of halogens is 1. The maximum atomic E-state index is 13.3. The van der Waals surface area contributed by atoms with Crippen LogP contribution in [0.1, 0.15) is 38.2 Å². The van der Waals surface area contributed by atoms with Crippen LogP contribution in [-0.4, -0.2) is 55.6 Å². The van der Waals surface area contributed by atoms with Crippen LogP contribution in [0.25, 0.3) is 10.9 Å². The number of fused-ring (bicyclic) bond motifs is 1. The number of benzene rings is 1. The summed E-state index contributed by atoms with van der Waals surface area (Å²) in [7, 11) is 1.80. The molecule has 0 aliphatic carbocycles. The summed E-state index contributed by atoms with van der Waals surface area (Å²) in [6.45, 7) is 7.82. The van der Waals surface area contributed by atoms with E-state index in [-0.39, 0.29) is 5.82 Å². The van der Waals surface area contributed by atoms with Gasteiger partial charge in [0.05, 0.1) is 0 Å². The van der Waals surface area contributed by atoms with Crippen molar-refractivity contribution in [3.63, 3.8) is 0 Å². The normalized spacial score (nSPS) is 18.5. The number of nitrogens with zero attached hydrogens (tertiary/aromatic N) is 2. The number of hydrogen-bond acceptors (Lipinski definition) is 2. The Morgan fingerprint density at radius 2 is 2.14 bits per heavy atom. The van der Waals surface area contributed by atoms with Crippen LogP contribution in [-0.2, 0) is 6.42 Å². The molecule has 0 saturated carbocycles. The van der Waals surface area contributed by atoms with E-state index >= 15 is 0 Å². The number of likely N-dealkylation sites (tertiary alicyclic amines) is 1. The van der Waals surface area contributed by atoms with Gasteiger partial charge >= 0.3 is 0 Å². The predicted octanol–water partition coefficient (Wildman–Crippen LogP) is 3.53. The van der Waals surface area contributed by atoms with Crippen molar-refractivity contribution in [2.24, 2.45) is 10.9 Å². The number of guanidine groups is 1. The van der Waals surface area contributed by atoms with Gasteiger partial charge in [-0.1, -0.05) is 6.92 Å². The van der Waals surface area contributed by atoms with Gasteiger partial charge in [0.2, 0.25) is 0 Å². The van der Waals surface area contributed by atoms with Gasteiger partial charge in [-0.05, 0) is 74.9 Å². The smallest absolute Gasteiger partial charge is 0.190 e. The van der Waals surface area contributed by atoms with Crippen molar-refractivity contribution in [1.82, 2.24) is 20.5 Å². The first-order valence-corrected chi connectivity index (χ1v) is 10.6. The third-order valence-electron chi connectivity index (χ3n) is 5.57. The van der Waals surface area contributed by atoms with Gasteiger partial charge in [0.15, 0.2) is 5.96 Å². The zero-order valence-electron chi connectivity index (χ0n) is 17.2. The highest BCUT2D eigenvalue weighted by Gasteiger charge is 2.15. The lowest BCUT2D eigenvalue weighted by Crippen LogP contribution is -2.39. The van der Waals surface area contributed by atoms with Crippen LogP contribution in [0.3, 0.4) is 0 Å². The van der Waals surface area contributed by atoms with Crippen molar-refractivity contribution in [3.05, 3.63) is 35.8 Å². The lowest BCUT2D eigenvalue weighted by atomic mass is 10.0. The van der Waals surface area contributed by atoms with E-state index in [2.05, 4.69) is 32.4 Å². The average molecular weight is 388 g/mol. The number of hydrogen-bond donors (Lipinski definition) is 3. The molecule has 6 heteroatoms. The molecule has 2 heterocycles. The Bertz CT molecular complexity index is 769. The van der Waals surface area contributed by atoms with Crippen LogP contribution in [0.4, 0.5) is 4.39 Å². The Hall–Kier alpha value is -2.08. The molecule has 154 valence electrons. The Labute approximate surface area is 167 Å². The molecule has 28 heavy (non-hydrogen) atoms. The second-order valence-electron chi connectivity index (χ2n) is 7.93. The first-order chi connectivity index (χ1) is 13.7. The fourth-order valence-corrected chi connectivity index (χ4v) is 4.06. The van der Waals surface area contributed by atoms with E-state index in [9.17, 15) is 4.39 Å². The van der Waals surface area contributed by atoms with Gasteiger partial charge in [0.1, 0.15) is 5.82 Å². The highest BCUT2D eigenvalue weighted by atomic mass is 19.1. The highest BCUT2D eigenvalue weighted by Crippen LogP contribution is 2.19. The third kappa shape index (κ3) is 5.96. The van der Waals surface area contributed by atoms with Gasteiger partial charge < -0.3 is 20.5 Å². The van der Waals surface area contributed by atoms with Crippen molar-refractivity contribution >= 4 is 16.9 Å². The van der Waals surface area contributed by atoms with E-state index in [0.29, 0.717) is 0 Å². The summed E-state index contributed by atoms with van der Waals surface area (Å²) in [4.78, 5) is 10.1. The van der Waals surface area contributed by atoms with Crippen molar-refractivity contribution in [1.29, 1.82) is 0 Å². The van der Waals surface area contributed by atoms with Crippen LogP contribution in [0, 0.1) is 11.7 Å². The van der Waals surface area contributed by atoms with Crippen molar-refractivity contribution in [3.8, 4) is 0 Å². The molecule has 5 nitrogen and oxygen atoms in total. The van der Waals surface area contributed by atoms with Gasteiger partial charge in [-0.15, -0.1) is 0 Å². The second-order valence-corrected chi connectivity index (χ2v) is 7.93. The van der Waals surface area contributed by atoms with Crippen LogP contribution < -0.4 is 10.6 Å². The number of H-pyrrole nitrogens is 1. The number of aromatic nitrogens is 1. The maximum absolute atomic E-state index is 13.3. The minimum absolute atomic E-state index is 0.210. The Balaban J connectivity index is 1.32. The van der Waals surface area contributed by atoms with E-state index in [1.54, 1.807) is 7.05 Å². The van der Waals surface area contributed by atoms with Gasteiger partial charge in [0, 0.05) is 43.8 Å². The van der Waals surface area contributed by atoms with Crippen molar-refractivity contribution < 1.29 is 4.39 Å². The summed E-state index contributed by atoms with van der Waals surface area (Å²) in [6, 6.07) is 4.89. The fourth-order valence-electron chi connectivity index (χ4n) is 4.06. The zero-order chi connectivity index (χ0) is 19.8. The second kappa shape index (κ2) is 10.5. The Kier molecular flexibility index (Phi) is 7.71. The van der Waals surface area contributed by atoms with E-state index < -0.39 is 0 Å². The lowest BCUT2D eigenvalue weighted by Gasteiger charge is -2.30. The number of aromatic amines is 1. The molecule has 3 rings (SSSR count). The molecule has 1 aliphatic heterocycles. The predicted molar refractivity (Wildman–Crippen MR) is 115 cm³/mol. The van der Waals surface area contributed by atoms with Crippen molar-refractivity contribution in [2.75, 3.05) is 39.8 Å². The summed E-state index contributed by atoms with van der Waals surface area (Å²) in [5.74, 6) is 1.49. The monoisotopic (exact) mass is 387 g/mol.